The Bertz CT molecular complexity index is 1500. The van der Waals surface area contributed by atoms with Crippen molar-refractivity contribution >= 4 is 33.1 Å². The number of hydrogen-bond donors (Lipinski definition) is 2. The van der Waals surface area contributed by atoms with Gasteiger partial charge in [0.05, 0.1) is 17.5 Å². The van der Waals surface area contributed by atoms with Crippen LogP contribution in [0.1, 0.15) is 40.0 Å². The first-order valence-electron chi connectivity index (χ1n) is 12.2. The van der Waals surface area contributed by atoms with Crippen LogP contribution in [-0.2, 0) is 14.6 Å². The van der Waals surface area contributed by atoms with Crippen LogP contribution in [0.5, 0.6) is 17.4 Å². The minimum Gasteiger partial charge on any atom is -0.490 e. The first-order valence-corrected chi connectivity index (χ1v) is 14.1. The largest absolute Gasteiger partial charge is 0.490 e. The number of fused-ring (bicyclic) bond motifs is 1. The highest BCUT2D eigenvalue weighted by atomic mass is 32.2. The number of pyridine rings is 3. The first-order chi connectivity index (χ1) is 17.9. The van der Waals surface area contributed by atoms with Crippen LogP contribution in [0.4, 0.5) is 17.3 Å². The van der Waals surface area contributed by atoms with Crippen LogP contribution in [0.3, 0.4) is 0 Å². The highest BCUT2D eigenvalue weighted by Crippen LogP contribution is 2.38. The van der Waals surface area contributed by atoms with Crippen LogP contribution >= 0.6 is 0 Å². The second-order valence-corrected chi connectivity index (χ2v) is 12.0. The molecule has 200 valence electrons. The Morgan fingerprint density at radius 1 is 1.13 bits per heavy atom. The van der Waals surface area contributed by atoms with Gasteiger partial charge < -0.3 is 24.8 Å². The molecular weight excluding hydrogens is 510 g/mol. The molecule has 0 saturated heterocycles. The van der Waals surface area contributed by atoms with Gasteiger partial charge in [0.2, 0.25) is 5.91 Å². The van der Waals surface area contributed by atoms with Crippen molar-refractivity contribution in [2.75, 3.05) is 23.5 Å². The summed E-state index contributed by atoms with van der Waals surface area (Å²) in [6.45, 7) is 5.58. The number of rotatable bonds is 7. The molecule has 38 heavy (non-hydrogen) atoms. The number of aromatic nitrogens is 3. The average Bonchev–Trinajstić information content (AvgIpc) is 2.80. The molecule has 1 fully saturated rings. The normalized spacial score (nSPS) is 16.3. The van der Waals surface area contributed by atoms with Crippen molar-refractivity contribution in [2.24, 2.45) is 0 Å². The molecule has 0 aromatic carbocycles. The Morgan fingerprint density at radius 2 is 1.92 bits per heavy atom. The molecule has 0 spiro atoms. The van der Waals surface area contributed by atoms with E-state index in [2.05, 4.69) is 25.6 Å². The van der Waals surface area contributed by atoms with E-state index in [0.29, 0.717) is 46.7 Å². The first kappa shape index (κ1) is 25.7. The molecule has 0 unspecified atom stereocenters. The smallest absolute Gasteiger partial charge is 0.257 e. The number of carbonyl (C=O) groups excluding carboxylic acids is 1. The Labute approximate surface area is 220 Å². The van der Waals surface area contributed by atoms with Gasteiger partial charge in [-0.1, -0.05) is 0 Å². The second-order valence-electron chi connectivity index (χ2n) is 10.0. The highest BCUT2D eigenvalue weighted by molar-refractivity contribution is 7.90. The lowest BCUT2D eigenvalue weighted by atomic mass is 9.96. The van der Waals surface area contributed by atoms with E-state index in [-0.39, 0.29) is 22.9 Å². The van der Waals surface area contributed by atoms with E-state index in [1.54, 1.807) is 30.5 Å². The summed E-state index contributed by atoms with van der Waals surface area (Å²) in [5, 5.41) is 5.73. The SMILES string of the molecule is CC(=O)Nc1cc(Nc2cc(OC3CCC3)cc(S(C)(=O)=O)n2)c(-c2ccc3c(n2)OCC(C)(C)O3)cn1. The zero-order chi connectivity index (χ0) is 27.1. The lowest BCUT2D eigenvalue weighted by molar-refractivity contribution is -0.114. The maximum Gasteiger partial charge on any atom is 0.257 e. The summed E-state index contributed by atoms with van der Waals surface area (Å²) in [5.74, 6) is 1.56. The van der Waals surface area contributed by atoms with Crippen molar-refractivity contribution in [1.82, 2.24) is 15.0 Å². The van der Waals surface area contributed by atoms with Crippen LogP contribution in [-0.4, -0.2) is 53.8 Å². The van der Waals surface area contributed by atoms with Crippen molar-refractivity contribution in [3.8, 4) is 28.6 Å². The van der Waals surface area contributed by atoms with E-state index in [1.165, 1.54) is 13.0 Å². The predicted molar refractivity (Wildman–Crippen MR) is 141 cm³/mol. The molecule has 0 radical (unpaired) electrons. The molecule has 12 heteroatoms. The third kappa shape index (κ3) is 5.80. The molecule has 5 rings (SSSR count). The molecule has 1 aliphatic heterocycles. The molecule has 2 aliphatic rings. The number of amides is 1. The zero-order valence-corrected chi connectivity index (χ0v) is 22.4. The highest BCUT2D eigenvalue weighted by Gasteiger charge is 2.29. The van der Waals surface area contributed by atoms with E-state index >= 15 is 0 Å². The molecule has 4 heterocycles. The van der Waals surface area contributed by atoms with Gasteiger partial charge in [-0.2, -0.15) is 0 Å². The minimum absolute atomic E-state index is 0.0485. The molecule has 0 bridgehead atoms. The second kappa shape index (κ2) is 9.75. The number of anilines is 3. The van der Waals surface area contributed by atoms with Crippen molar-refractivity contribution in [2.45, 2.75) is 56.8 Å². The summed E-state index contributed by atoms with van der Waals surface area (Å²) in [4.78, 5) is 24.9. The topological polar surface area (TPSA) is 142 Å². The van der Waals surface area contributed by atoms with E-state index in [0.717, 1.165) is 25.5 Å². The quantitative estimate of drug-likeness (QED) is 0.450. The fourth-order valence-corrected chi connectivity index (χ4v) is 4.56. The van der Waals surface area contributed by atoms with Crippen molar-refractivity contribution in [1.29, 1.82) is 0 Å². The van der Waals surface area contributed by atoms with Gasteiger partial charge in [0.1, 0.15) is 29.6 Å². The van der Waals surface area contributed by atoms with Crippen molar-refractivity contribution < 1.29 is 27.4 Å². The lowest BCUT2D eigenvalue weighted by Crippen LogP contribution is -2.39. The number of hydrogen-bond acceptors (Lipinski definition) is 10. The minimum atomic E-state index is -3.61. The summed E-state index contributed by atoms with van der Waals surface area (Å²) < 4.78 is 42.5. The number of nitrogens with one attached hydrogen (secondary N) is 2. The molecule has 3 aromatic rings. The van der Waals surface area contributed by atoms with Gasteiger partial charge in [-0.15, -0.1) is 0 Å². The fraction of sp³-hybridized carbons (Fsp3) is 0.385. The van der Waals surface area contributed by atoms with E-state index in [1.807, 2.05) is 13.8 Å². The van der Waals surface area contributed by atoms with Gasteiger partial charge in [0, 0.05) is 43.1 Å². The van der Waals surface area contributed by atoms with Gasteiger partial charge in [-0.3, -0.25) is 4.79 Å². The standard InChI is InChI=1S/C26H29N5O6S/c1-15(32)28-22-12-20(18(13-27-22)19-8-9-21-25(30-19)35-14-26(2,3)37-21)29-23-10-17(36-16-6-5-7-16)11-24(31-23)38(4,33)34/h8-13,16H,5-7,14H2,1-4H3,(H2,27,28,29,31,32). The van der Waals surface area contributed by atoms with Gasteiger partial charge in [-0.05, 0) is 45.2 Å². The van der Waals surface area contributed by atoms with Gasteiger partial charge in [-0.25, -0.2) is 23.4 Å². The summed E-state index contributed by atoms with van der Waals surface area (Å²) >= 11 is 0. The van der Waals surface area contributed by atoms with E-state index in [9.17, 15) is 13.2 Å². The molecule has 0 atom stereocenters. The predicted octanol–water partition coefficient (Wildman–Crippen LogP) is 4.13. The number of carbonyl (C=O) groups is 1. The van der Waals surface area contributed by atoms with E-state index < -0.39 is 15.4 Å². The molecule has 1 saturated carbocycles. The third-order valence-corrected chi connectivity index (χ3v) is 6.99. The van der Waals surface area contributed by atoms with Crippen LogP contribution in [0, 0.1) is 0 Å². The maximum absolute atomic E-state index is 12.4. The zero-order valence-electron chi connectivity index (χ0n) is 21.6. The Hall–Kier alpha value is -3.93. The van der Waals surface area contributed by atoms with Crippen molar-refractivity contribution in [3.05, 3.63) is 36.5 Å². The average molecular weight is 540 g/mol. The summed E-state index contributed by atoms with van der Waals surface area (Å²) in [5.41, 5.74) is 1.12. The van der Waals surface area contributed by atoms with Crippen LogP contribution in [0.25, 0.3) is 11.3 Å². The van der Waals surface area contributed by atoms with Crippen LogP contribution < -0.4 is 24.8 Å². The van der Waals surface area contributed by atoms with E-state index in [4.69, 9.17) is 14.2 Å². The summed E-state index contributed by atoms with van der Waals surface area (Å²) in [6, 6.07) is 8.25. The Balaban J connectivity index is 1.55. The van der Waals surface area contributed by atoms with Crippen LogP contribution in [0.15, 0.2) is 41.6 Å². The summed E-state index contributed by atoms with van der Waals surface area (Å²) in [7, 11) is -3.61. The van der Waals surface area contributed by atoms with Crippen LogP contribution in [0.2, 0.25) is 0 Å². The van der Waals surface area contributed by atoms with Gasteiger partial charge in [0.15, 0.2) is 20.6 Å². The molecule has 11 nitrogen and oxygen atoms in total. The molecule has 3 aromatic heterocycles. The van der Waals surface area contributed by atoms with Gasteiger partial charge >= 0.3 is 0 Å². The number of nitrogens with zero attached hydrogens (tertiary/aromatic N) is 3. The molecule has 1 aliphatic carbocycles. The Morgan fingerprint density at radius 3 is 2.61 bits per heavy atom. The number of sulfone groups is 1. The number of ether oxygens (including phenoxy) is 3. The summed E-state index contributed by atoms with van der Waals surface area (Å²) in [6.07, 6.45) is 5.61. The van der Waals surface area contributed by atoms with Crippen molar-refractivity contribution in [3.63, 3.8) is 0 Å². The molecule has 2 N–H and O–H groups in total. The van der Waals surface area contributed by atoms with Gasteiger partial charge in [0.25, 0.3) is 5.88 Å². The third-order valence-electron chi connectivity index (χ3n) is 6.03. The maximum atomic E-state index is 12.4. The Kier molecular flexibility index (Phi) is 6.59. The molecule has 1 amide bonds. The lowest BCUT2D eigenvalue weighted by Gasteiger charge is -2.31. The fourth-order valence-electron chi connectivity index (χ4n) is 3.96. The molecular formula is C26H29N5O6S. The monoisotopic (exact) mass is 539 g/mol.